The molecule has 17 heavy (non-hydrogen) atoms. The van der Waals surface area contributed by atoms with Crippen LogP contribution in [0.25, 0.3) is 0 Å². The Hall–Kier alpha value is -0.890. The zero-order chi connectivity index (χ0) is 11.8. The average Bonchev–Trinajstić information content (AvgIpc) is 2.14. The Labute approximate surface area is 120 Å². The van der Waals surface area contributed by atoms with Gasteiger partial charge in [0.05, 0.1) is 12.1 Å². The molecule has 0 saturated carbocycles. The summed E-state index contributed by atoms with van der Waals surface area (Å²) in [7, 11) is -4.07. The molecule has 0 aromatic heterocycles. The number of hydrogen-bond donors (Lipinski definition) is 1. The molecule has 0 aliphatic carbocycles. The van der Waals surface area contributed by atoms with Crippen LogP contribution in [-0.2, 0) is 15.1 Å². The quantitative estimate of drug-likeness (QED) is 0.756. The van der Waals surface area contributed by atoms with Crippen LogP contribution in [0.15, 0.2) is 28.7 Å². The topological polar surface area (TPSA) is 93.0 Å². The third kappa shape index (κ3) is 3.29. The van der Waals surface area contributed by atoms with Crippen molar-refractivity contribution in [2.75, 3.05) is 0 Å². The van der Waals surface area contributed by atoms with Gasteiger partial charge < -0.3 is 9.29 Å². The van der Waals surface area contributed by atoms with E-state index in [2.05, 4.69) is 8.58 Å². The number of carboxylic acids is 1. The first kappa shape index (κ1) is 14.2. The zero-order valence-corrected chi connectivity index (χ0v) is 8.77. The van der Waals surface area contributed by atoms with E-state index in [1.54, 1.807) is 18.2 Å². The van der Waals surface area contributed by atoms with Crippen LogP contribution in [-0.4, -0.2) is 54.8 Å². The van der Waals surface area contributed by atoms with Gasteiger partial charge in [0, 0.05) is 5.56 Å². The Morgan fingerprint density at radius 3 is 2.65 bits per heavy atom. The average molecular weight is 265 g/mol. The summed E-state index contributed by atoms with van der Waals surface area (Å²) < 4.78 is 30.3. The standard InChI is InChI=1S/C9H7NO5S.Na.H/c11-9(12)5-7-6-3-1-2-4-8(6)15-16(13,14)10-7;;/h1-4H,5H2,(H,11,12);;. The van der Waals surface area contributed by atoms with Crippen LogP contribution in [0.5, 0.6) is 5.75 Å². The van der Waals surface area contributed by atoms with E-state index in [9.17, 15) is 13.2 Å². The number of carbonyl (C=O) groups is 1. The summed E-state index contributed by atoms with van der Waals surface area (Å²) in [6.45, 7) is 0. The molecule has 0 atom stereocenters. The second kappa shape index (κ2) is 5.18. The molecule has 0 saturated heterocycles. The Kier molecular flexibility index (Phi) is 4.31. The molecule has 1 aliphatic heterocycles. The van der Waals surface area contributed by atoms with Crippen molar-refractivity contribution in [1.29, 1.82) is 0 Å². The second-order valence-corrected chi connectivity index (χ2v) is 4.32. The molecule has 1 aromatic rings. The number of benzene rings is 1. The minimum atomic E-state index is -4.07. The van der Waals surface area contributed by atoms with Gasteiger partial charge in [0.1, 0.15) is 0 Å². The van der Waals surface area contributed by atoms with Crippen molar-refractivity contribution in [2.45, 2.75) is 6.42 Å². The van der Waals surface area contributed by atoms with Crippen LogP contribution < -0.4 is 4.18 Å². The fourth-order valence-corrected chi connectivity index (χ4v) is 2.21. The second-order valence-electron chi connectivity index (χ2n) is 3.12. The van der Waals surface area contributed by atoms with Crippen molar-refractivity contribution < 1.29 is 22.5 Å². The van der Waals surface area contributed by atoms with Crippen LogP contribution in [0.1, 0.15) is 12.0 Å². The maximum absolute atomic E-state index is 11.2. The SMILES string of the molecule is O=C(O)CC1=NS(=O)(=O)Oc2ccccc21.[NaH]. The number of rotatable bonds is 2. The number of nitrogens with zero attached hydrogens (tertiary/aromatic N) is 1. The number of para-hydroxylation sites is 1. The van der Waals surface area contributed by atoms with E-state index in [4.69, 9.17) is 5.11 Å². The monoisotopic (exact) mass is 265 g/mol. The summed E-state index contributed by atoms with van der Waals surface area (Å²) in [5.41, 5.74) is 0.370. The molecule has 0 bridgehead atoms. The Balaban J connectivity index is 0.00000144. The molecule has 1 N–H and O–H groups in total. The summed E-state index contributed by atoms with van der Waals surface area (Å²) in [6, 6.07) is 6.25. The molecule has 0 spiro atoms. The maximum atomic E-state index is 11.2. The van der Waals surface area contributed by atoms with Gasteiger partial charge in [-0.05, 0) is 12.1 Å². The fourth-order valence-electron chi connectivity index (χ4n) is 1.36. The van der Waals surface area contributed by atoms with Crippen LogP contribution in [0.2, 0.25) is 0 Å². The molecular formula is C9H8NNaO5S. The first-order valence-electron chi connectivity index (χ1n) is 4.32. The Morgan fingerprint density at radius 1 is 1.35 bits per heavy atom. The third-order valence-corrected chi connectivity index (χ3v) is 2.77. The predicted octanol–water partition coefficient (Wildman–Crippen LogP) is -0.0609. The van der Waals surface area contributed by atoms with Crippen molar-refractivity contribution >= 4 is 51.5 Å². The van der Waals surface area contributed by atoms with Crippen molar-refractivity contribution in [3.8, 4) is 5.75 Å². The molecule has 0 radical (unpaired) electrons. The summed E-state index contributed by atoms with van der Waals surface area (Å²) in [4.78, 5) is 10.6. The van der Waals surface area contributed by atoms with Crippen molar-refractivity contribution in [3.63, 3.8) is 0 Å². The zero-order valence-electron chi connectivity index (χ0n) is 7.95. The van der Waals surface area contributed by atoms with Gasteiger partial charge in [-0.2, -0.15) is 8.42 Å². The van der Waals surface area contributed by atoms with Gasteiger partial charge in [0.2, 0.25) is 0 Å². The Bertz CT molecular complexity index is 581. The molecule has 6 nitrogen and oxygen atoms in total. The van der Waals surface area contributed by atoms with Crippen molar-refractivity contribution in [2.24, 2.45) is 4.40 Å². The molecule has 86 valence electrons. The first-order valence-corrected chi connectivity index (χ1v) is 5.69. The van der Waals surface area contributed by atoms with E-state index >= 15 is 0 Å². The first-order chi connectivity index (χ1) is 7.48. The van der Waals surface area contributed by atoms with E-state index in [0.29, 0.717) is 5.56 Å². The minimum absolute atomic E-state index is 0. The van der Waals surface area contributed by atoms with Crippen molar-refractivity contribution in [3.05, 3.63) is 29.8 Å². The normalized spacial score (nSPS) is 15.9. The molecule has 1 heterocycles. The van der Waals surface area contributed by atoms with E-state index < -0.39 is 22.7 Å². The molecule has 0 amide bonds. The fraction of sp³-hybridized carbons (Fsp3) is 0.111. The van der Waals surface area contributed by atoms with E-state index in [1.807, 2.05) is 0 Å². The van der Waals surface area contributed by atoms with E-state index in [-0.39, 0.29) is 41.0 Å². The molecule has 8 heteroatoms. The number of aliphatic carboxylic acids is 1. The van der Waals surface area contributed by atoms with Gasteiger partial charge in [0.15, 0.2) is 5.75 Å². The summed E-state index contributed by atoms with van der Waals surface area (Å²) in [6.07, 6.45) is -0.459. The van der Waals surface area contributed by atoms with E-state index in [0.717, 1.165) is 0 Å². The number of carboxylic acid groups (broad SMARTS) is 1. The molecule has 0 fully saturated rings. The summed E-state index contributed by atoms with van der Waals surface area (Å²) >= 11 is 0. The van der Waals surface area contributed by atoms with Crippen LogP contribution in [0.3, 0.4) is 0 Å². The van der Waals surface area contributed by atoms with Gasteiger partial charge in [-0.25, -0.2) is 0 Å². The van der Waals surface area contributed by atoms with E-state index in [1.165, 1.54) is 6.07 Å². The van der Waals surface area contributed by atoms with Gasteiger partial charge >= 0.3 is 45.8 Å². The summed E-state index contributed by atoms with van der Waals surface area (Å²) in [5.74, 6) is -1.04. The van der Waals surface area contributed by atoms with Gasteiger partial charge in [-0.3, -0.25) is 4.79 Å². The van der Waals surface area contributed by atoms with Crippen LogP contribution in [0.4, 0.5) is 0 Å². The van der Waals surface area contributed by atoms with Gasteiger partial charge in [-0.1, -0.05) is 12.1 Å². The van der Waals surface area contributed by atoms with Crippen LogP contribution >= 0.6 is 0 Å². The molecule has 1 aromatic carbocycles. The molecule has 2 rings (SSSR count). The number of fused-ring (bicyclic) bond motifs is 1. The third-order valence-electron chi connectivity index (χ3n) is 1.93. The summed E-state index contributed by atoms with van der Waals surface area (Å²) in [5, 5.41) is 8.65. The van der Waals surface area contributed by atoms with Crippen molar-refractivity contribution in [1.82, 2.24) is 0 Å². The Morgan fingerprint density at radius 2 is 2.00 bits per heavy atom. The van der Waals surface area contributed by atoms with Gasteiger partial charge in [-0.15, -0.1) is 4.40 Å². The number of hydrogen-bond acceptors (Lipinski definition) is 4. The predicted molar refractivity (Wildman–Crippen MR) is 61.9 cm³/mol. The molecule has 1 aliphatic rings. The molecule has 0 unspecified atom stereocenters. The van der Waals surface area contributed by atoms with Crippen LogP contribution in [0, 0.1) is 0 Å². The molecular weight excluding hydrogens is 257 g/mol. The van der Waals surface area contributed by atoms with Gasteiger partial charge in [0.25, 0.3) is 0 Å².